The Bertz CT molecular complexity index is 195. The summed E-state index contributed by atoms with van der Waals surface area (Å²) in [6.45, 7) is 3.01. The van der Waals surface area contributed by atoms with Crippen molar-refractivity contribution in [2.24, 2.45) is 11.7 Å². The average molecular weight is 197 g/mol. The molecule has 0 aromatic heterocycles. The highest BCUT2D eigenvalue weighted by atomic mass is 16.5. The summed E-state index contributed by atoms with van der Waals surface area (Å²) in [5.41, 5.74) is 5.92. The fraction of sp³-hybridized carbons (Fsp3) is 1.00. The van der Waals surface area contributed by atoms with Gasteiger partial charge in [0.2, 0.25) is 0 Å². The SMILES string of the molecule is CC[C@@H]1CCCC[C@]12CC[C@H](CN)O2. The number of hydrogen-bond acceptors (Lipinski definition) is 2. The third-order valence-electron chi connectivity index (χ3n) is 4.19. The normalized spacial score (nSPS) is 43.3. The van der Waals surface area contributed by atoms with Crippen LogP contribution in [0.1, 0.15) is 51.9 Å². The van der Waals surface area contributed by atoms with Crippen LogP contribution < -0.4 is 5.73 Å². The second-order valence-electron chi connectivity index (χ2n) is 4.93. The molecule has 82 valence electrons. The fourth-order valence-corrected chi connectivity index (χ4v) is 3.36. The Morgan fingerprint density at radius 1 is 1.29 bits per heavy atom. The minimum atomic E-state index is 0.233. The molecular weight excluding hydrogens is 174 g/mol. The van der Waals surface area contributed by atoms with Crippen molar-refractivity contribution in [3.8, 4) is 0 Å². The molecule has 2 rings (SSSR count). The summed E-state index contributed by atoms with van der Waals surface area (Å²) in [6.07, 6.45) is 9.47. The summed E-state index contributed by atoms with van der Waals surface area (Å²) in [4.78, 5) is 0. The summed E-state index contributed by atoms with van der Waals surface area (Å²) in [7, 11) is 0. The highest BCUT2D eigenvalue weighted by molar-refractivity contribution is 4.96. The molecule has 0 aromatic rings. The van der Waals surface area contributed by atoms with E-state index >= 15 is 0 Å². The Morgan fingerprint density at radius 2 is 2.14 bits per heavy atom. The van der Waals surface area contributed by atoms with E-state index in [0.29, 0.717) is 12.6 Å². The van der Waals surface area contributed by atoms with Gasteiger partial charge in [-0.05, 0) is 31.6 Å². The zero-order chi connectivity index (χ0) is 10.0. The third-order valence-corrected chi connectivity index (χ3v) is 4.19. The molecule has 0 radical (unpaired) electrons. The molecule has 14 heavy (non-hydrogen) atoms. The van der Waals surface area contributed by atoms with Crippen LogP contribution >= 0.6 is 0 Å². The molecule has 1 aliphatic heterocycles. The van der Waals surface area contributed by atoms with E-state index in [9.17, 15) is 0 Å². The van der Waals surface area contributed by atoms with Crippen LogP contribution in [0.15, 0.2) is 0 Å². The van der Waals surface area contributed by atoms with Crippen LogP contribution in [0.3, 0.4) is 0 Å². The Labute approximate surface area is 87.2 Å². The first kappa shape index (κ1) is 10.4. The second-order valence-corrected chi connectivity index (χ2v) is 4.93. The minimum absolute atomic E-state index is 0.233. The van der Waals surface area contributed by atoms with Crippen LogP contribution in [0.4, 0.5) is 0 Å². The van der Waals surface area contributed by atoms with E-state index in [1.165, 1.54) is 44.9 Å². The van der Waals surface area contributed by atoms with Gasteiger partial charge in [-0.3, -0.25) is 0 Å². The number of hydrogen-bond donors (Lipinski definition) is 1. The van der Waals surface area contributed by atoms with Crippen molar-refractivity contribution in [2.75, 3.05) is 6.54 Å². The Morgan fingerprint density at radius 3 is 2.79 bits per heavy atom. The van der Waals surface area contributed by atoms with Crippen LogP contribution in [0.2, 0.25) is 0 Å². The van der Waals surface area contributed by atoms with E-state index in [1.807, 2.05) is 0 Å². The first-order valence-corrected chi connectivity index (χ1v) is 6.18. The molecule has 1 saturated carbocycles. The van der Waals surface area contributed by atoms with Crippen LogP contribution in [0.5, 0.6) is 0 Å². The van der Waals surface area contributed by atoms with E-state index in [0.717, 1.165) is 5.92 Å². The molecule has 1 saturated heterocycles. The summed E-state index contributed by atoms with van der Waals surface area (Å²) < 4.78 is 6.22. The molecule has 0 amide bonds. The third kappa shape index (κ3) is 1.70. The molecule has 0 unspecified atom stereocenters. The summed E-state index contributed by atoms with van der Waals surface area (Å²) in [5.74, 6) is 0.799. The monoisotopic (exact) mass is 197 g/mol. The molecule has 2 N–H and O–H groups in total. The van der Waals surface area contributed by atoms with Gasteiger partial charge < -0.3 is 10.5 Å². The lowest BCUT2D eigenvalue weighted by Gasteiger charge is -2.41. The summed E-state index contributed by atoms with van der Waals surface area (Å²) in [5, 5.41) is 0. The molecule has 1 heterocycles. The van der Waals surface area contributed by atoms with Crippen LogP contribution in [0.25, 0.3) is 0 Å². The van der Waals surface area contributed by atoms with Gasteiger partial charge in [-0.1, -0.05) is 26.2 Å². The lowest BCUT2D eigenvalue weighted by Crippen LogP contribution is -2.41. The number of rotatable bonds is 2. The molecule has 1 spiro atoms. The van der Waals surface area contributed by atoms with Crippen molar-refractivity contribution in [3.63, 3.8) is 0 Å². The maximum atomic E-state index is 6.22. The van der Waals surface area contributed by atoms with Gasteiger partial charge in [0.25, 0.3) is 0 Å². The van der Waals surface area contributed by atoms with E-state index < -0.39 is 0 Å². The molecule has 2 aliphatic rings. The predicted molar refractivity (Wildman–Crippen MR) is 58.1 cm³/mol. The van der Waals surface area contributed by atoms with Crippen LogP contribution in [-0.2, 0) is 4.74 Å². The van der Waals surface area contributed by atoms with Crippen molar-refractivity contribution < 1.29 is 4.74 Å². The minimum Gasteiger partial charge on any atom is -0.370 e. The summed E-state index contributed by atoms with van der Waals surface area (Å²) >= 11 is 0. The van der Waals surface area contributed by atoms with Gasteiger partial charge in [-0.25, -0.2) is 0 Å². The maximum absolute atomic E-state index is 6.22. The van der Waals surface area contributed by atoms with Gasteiger partial charge in [0.15, 0.2) is 0 Å². The maximum Gasteiger partial charge on any atom is 0.0715 e. The highest BCUT2D eigenvalue weighted by Gasteiger charge is 2.45. The molecule has 1 aliphatic carbocycles. The standard InChI is InChI=1S/C12H23NO/c1-2-10-5-3-4-7-12(10)8-6-11(9-13)14-12/h10-11H,2-9,13H2,1H3/t10-,11-,12+/m1/s1. The summed E-state index contributed by atoms with van der Waals surface area (Å²) in [6, 6.07) is 0. The zero-order valence-electron chi connectivity index (χ0n) is 9.30. The second kappa shape index (κ2) is 4.19. The lowest BCUT2D eigenvalue weighted by atomic mass is 9.72. The van der Waals surface area contributed by atoms with Crippen LogP contribution in [-0.4, -0.2) is 18.2 Å². The largest absolute Gasteiger partial charge is 0.370 e. The van der Waals surface area contributed by atoms with Crippen molar-refractivity contribution in [2.45, 2.75) is 63.6 Å². The van der Waals surface area contributed by atoms with Gasteiger partial charge in [0, 0.05) is 6.54 Å². The molecular formula is C12H23NO. The smallest absolute Gasteiger partial charge is 0.0715 e. The van der Waals surface area contributed by atoms with Gasteiger partial charge in [0.1, 0.15) is 0 Å². The number of nitrogens with two attached hydrogens (primary N) is 1. The molecule has 2 nitrogen and oxygen atoms in total. The quantitative estimate of drug-likeness (QED) is 0.738. The molecule has 2 fully saturated rings. The molecule has 3 atom stereocenters. The topological polar surface area (TPSA) is 35.2 Å². The van der Waals surface area contributed by atoms with Crippen molar-refractivity contribution in [1.82, 2.24) is 0 Å². The van der Waals surface area contributed by atoms with Gasteiger partial charge in [0.05, 0.1) is 11.7 Å². The molecule has 0 aromatic carbocycles. The van der Waals surface area contributed by atoms with E-state index in [4.69, 9.17) is 10.5 Å². The Balaban J connectivity index is 2.05. The van der Waals surface area contributed by atoms with Gasteiger partial charge in [-0.2, -0.15) is 0 Å². The fourth-order valence-electron chi connectivity index (χ4n) is 3.36. The molecule has 0 bridgehead atoms. The lowest BCUT2D eigenvalue weighted by molar-refractivity contribution is -0.0983. The first-order chi connectivity index (χ1) is 6.80. The van der Waals surface area contributed by atoms with Crippen LogP contribution in [0, 0.1) is 5.92 Å². The number of ether oxygens (including phenoxy) is 1. The average Bonchev–Trinajstić information content (AvgIpc) is 2.63. The Kier molecular flexibility index (Phi) is 3.13. The van der Waals surface area contributed by atoms with E-state index in [2.05, 4.69) is 6.92 Å². The Hall–Kier alpha value is -0.0800. The highest BCUT2D eigenvalue weighted by Crippen LogP contribution is 2.46. The molecule has 2 heteroatoms. The van der Waals surface area contributed by atoms with E-state index in [-0.39, 0.29) is 5.60 Å². The van der Waals surface area contributed by atoms with Crippen molar-refractivity contribution >= 4 is 0 Å². The van der Waals surface area contributed by atoms with Gasteiger partial charge >= 0.3 is 0 Å². The van der Waals surface area contributed by atoms with Crippen molar-refractivity contribution in [3.05, 3.63) is 0 Å². The zero-order valence-corrected chi connectivity index (χ0v) is 9.30. The van der Waals surface area contributed by atoms with Crippen molar-refractivity contribution in [1.29, 1.82) is 0 Å². The first-order valence-electron chi connectivity index (χ1n) is 6.18. The van der Waals surface area contributed by atoms with Gasteiger partial charge in [-0.15, -0.1) is 0 Å². The van der Waals surface area contributed by atoms with E-state index in [1.54, 1.807) is 0 Å². The predicted octanol–water partition coefficient (Wildman–Crippen LogP) is 2.46.